The van der Waals surface area contributed by atoms with E-state index in [1.807, 2.05) is 6.92 Å². The first kappa shape index (κ1) is 14.5. The van der Waals surface area contributed by atoms with Crippen LogP contribution in [0.3, 0.4) is 0 Å². The number of nitrogens with zero attached hydrogens (tertiary/aromatic N) is 2. The first-order valence-electron chi connectivity index (χ1n) is 5.80. The van der Waals surface area contributed by atoms with Crippen molar-refractivity contribution in [3.05, 3.63) is 46.2 Å². The Labute approximate surface area is 126 Å². The molecule has 0 aliphatic rings. The zero-order chi connectivity index (χ0) is 14.9. The second-order valence-electron chi connectivity index (χ2n) is 4.30. The molecular formula is C13H13ClN4OS. The van der Waals surface area contributed by atoms with Crippen molar-refractivity contribution >= 4 is 40.4 Å². The summed E-state index contributed by atoms with van der Waals surface area (Å²) in [4.78, 5) is 12.4. The molecule has 1 amide bonds. The monoisotopic (exact) mass is 308 g/mol. The van der Waals surface area contributed by atoms with Crippen LogP contribution in [0.5, 0.6) is 0 Å². The van der Waals surface area contributed by atoms with Gasteiger partial charge in [-0.05, 0) is 31.2 Å². The number of rotatable bonds is 3. The van der Waals surface area contributed by atoms with Crippen molar-refractivity contribution in [3.63, 3.8) is 0 Å². The van der Waals surface area contributed by atoms with Gasteiger partial charge < -0.3 is 11.1 Å². The number of hydrogen-bond donors (Lipinski definition) is 2. The number of hydrogen-bond acceptors (Lipinski definition) is 3. The third-order valence-corrected chi connectivity index (χ3v) is 3.18. The number of nitrogens with two attached hydrogens (primary N) is 1. The Morgan fingerprint density at radius 2 is 2.15 bits per heavy atom. The van der Waals surface area contributed by atoms with E-state index in [1.54, 1.807) is 31.3 Å². The highest BCUT2D eigenvalue weighted by molar-refractivity contribution is 7.80. The van der Waals surface area contributed by atoms with E-state index in [1.165, 1.54) is 4.68 Å². The SMILES string of the molecule is Cc1cc(C(=O)Nc2cc(Cl)ccc2C(N)=S)n(C)n1. The number of aromatic nitrogens is 2. The maximum Gasteiger partial charge on any atom is 0.273 e. The van der Waals surface area contributed by atoms with Gasteiger partial charge in [-0.3, -0.25) is 9.48 Å². The molecule has 0 aliphatic carbocycles. The maximum atomic E-state index is 12.2. The zero-order valence-electron chi connectivity index (χ0n) is 11.0. The second-order valence-corrected chi connectivity index (χ2v) is 5.18. The van der Waals surface area contributed by atoms with Gasteiger partial charge in [0.15, 0.2) is 0 Å². The van der Waals surface area contributed by atoms with Crippen molar-refractivity contribution in [2.75, 3.05) is 5.32 Å². The van der Waals surface area contributed by atoms with Gasteiger partial charge in [0.05, 0.1) is 11.4 Å². The Balaban J connectivity index is 2.34. The molecule has 1 aromatic heterocycles. The fourth-order valence-electron chi connectivity index (χ4n) is 1.84. The van der Waals surface area contributed by atoms with Crippen LogP contribution in [0.25, 0.3) is 0 Å². The Kier molecular flexibility index (Phi) is 4.06. The third kappa shape index (κ3) is 2.97. The molecule has 0 fully saturated rings. The summed E-state index contributed by atoms with van der Waals surface area (Å²) in [6.07, 6.45) is 0. The smallest absolute Gasteiger partial charge is 0.273 e. The van der Waals surface area contributed by atoms with Crippen LogP contribution in [0.4, 0.5) is 5.69 Å². The van der Waals surface area contributed by atoms with Crippen LogP contribution in [-0.2, 0) is 7.05 Å². The molecule has 3 N–H and O–H groups in total. The zero-order valence-corrected chi connectivity index (χ0v) is 12.5. The predicted octanol–water partition coefficient (Wildman–Crippen LogP) is 2.27. The molecule has 0 saturated carbocycles. The molecule has 5 nitrogen and oxygen atoms in total. The summed E-state index contributed by atoms with van der Waals surface area (Å²) < 4.78 is 1.51. The van der Waals surface area contributed by atoms with Crippen molar-refractivity contribution < 1.29 is 4.79 Å². The van der Waals surface area contributed by atoms with Crippen LogP contribution in [-0.4, -0.2) is 20.7 Å². The van der Waals surface area contributed by atoms with Gasteiger partial charge in [-0.15, -0.1) is 0 Å². The number of amides is 1. The minimum atomic E-state index is -0.298. The van der Waals surface area contributed by atoms with Crippen molar-refractivity contribution in [2.45, 2.75) is 6.92 Å². The van der Waals surface area contributed by atoms with Crippen molar-refractivity contribution in [3.8, 4) is 0 Å². The van der Waals surface area contributed by atoms with Gasteiger partial charge in [-0.1, -0.05) is 23.8 Å². The third-order valence-electron chi connectivity index (χ3n) is 2.73. The van der Waals surface area contributed by atoms with E-state index in [-0.39, 0.29) is 10.9 Å². The van der Waals surface area contributed by atoms with Gasteiger partial charge >= 0.3 is 0 Å². The Hall–Kier alpha value is -1.92. The minimum absolute atomic E-state index is 0.193. The summed E-state index contributed by atoms with van der Waals surface area (Å²) >= 11 is 10.9. The number of nitrogens with one attached hydrogen (secondary N) is 1. The van der Waals surface area contributed by atoms with Gasteiger partial charge in [-0.2, -0.15) is 5.10 Å². The highest BCUT2D eigenvalue weighted by atomic mass is 35.5. The van der Waals surface area contributed by atoms with Gasteiger partial charge in [0.2, 0.25) is 0 Å². The average molecular weight is 309 g/mol. The lowest BCUT2D eigenvalue weighted by atomic mass is 10.1. The number of halogens is 1. The Bertz CT molecular complexity index is 696. The first-order chi connectivity index (χ1) is 9.38. The molecule has 0 radical (unpaired) electrons. The van der Waals surface area contributed by atoms with Gasteiger partial charge in [-0.25, -0.2) is 0 Å². The molecule has 1 aromatic carbocycles. The molecule has 0 unspecified atom stereocenters. The number of thiocarbonyl (C=S) groups is 1. The van der Waals surface area contributed by atoms with E-state index in [4.69, 9.17) is 29.6 Å². The van der Waals surface area contributed by atoms with E-state index in [0.29, 0.717) is 22.0 Å². The van der Waals surface area contributed by atoms with Crippen LogP contribution < -0.4 is 11.1 Å². The molecule has 20 heavy (non-hydrogen) atoms. The Morgan fingerprint density at radius 3 is 2.70 bits per heavy atom. The van der Waals surface area contributed by atoms with E-state index in [0.717, 1.165) is 5.69 Å². The quantitative estimate of drug-likeness (QED) is 0.853. The fraction of sp³-hybridized carbons (Fsp3) is 0.154. The van der Waals surface area contributed by atoms with Crippen molar-refractivity contribution in [1.82, 2.24) is 9.78 Å². The summed E-state index contributed by atoms with van der Waals surface area (Å²) in [6.45, 7) is 1.82. The first-order valence-corrected chi connectivity index (χ1v) is 6.58. The van der Waals surface area contributed by atoms with Gasteiger partial charge in [0.1, 0.15) is 10.7 Å². The number of carbonyl (C=O) groups is 1. The molecule has 1 heterocycles. The summed E-state index contributed by atoms with van der Waals surface area (Å²) in [5.41, 5.74) is 7.88. The highest BCUT2D eigenvalue weighted by Gasteiger charge is 2.15. The van der Waals surface area contributed by atoms with Gasteiger partial charge in [0, 0.05) is 17.6 Å². The molecule has 0 aliphatic heterocycles. The number of anilines is 1. The summed E-state index contributed by atoms with van der Waals surface area (Å²) in [7, 11) is 1.70. The summed E-state index contributed by atoms with van der Waals surface area (Å²) in [6, 6.07) is 6.65. The molecule has 0 bridgehead atoms. The Morgan fingerprint density at radius 1 is 1.45 bits per heavy atom. The van der Waals surface area contributed by atoms with Crippen LogP contribution in [0, 0.1) is 6.92 Å². The largest absolute Gasteiger partial charge is 0.389 e. The number of benzene rings is 1. The summed E-state index contributed by atoms with van der Waals surface area (Å²) in [5, 5.41) is 7.37. The predicted molar refractivity (Wildman–Crippen MR) is 83.2 cm³/mol. The van der Waals surface area contributed by atoms with Crippen LogP contribution in [0.15, 0.2) is 24.3 Å². The lowest BCUT2D eigenvalue weighted by Crippen LogP contribution is -2.19. The molecule has 7 heteroatoms. The number of aryl methyl sites for hydroxylation is 2. The van der Waals surface area contributed by atoms with Crippen molar-refractivity contribution in [2.24, 2.45) is 12.8 Å². The van der Waals surface area contributed by atoms with Crippen molar-refractivity contribution in [1.29, 1.82) is 0 Å². The molecule has 2 rings (SSSR count). The van der Waals surface area contributed by atoms with Crippen LogP contribution in [0.1, 0.15) is 21.7 Å². The topological polar surface area (TPSA) is 72.9 Å². The lowest BCUT2D eigenvalue weighted by Gasteiger charge is -2.10. The van der Waals surface area contributed by atoms with E-state index >= 15 is 0 Å². The molecule has 0 saturated heterocycles. The van der Waals surface area contributed by atoms with Crippen LogP contribution >= 0.6 is 23.8 Å². The van der Waals surface area contributed by atoms with Gasteiger partial charge in [0.25, 0.3) is 5.91 Å². The van der Waals surface area contributed by atoms with Crippen LogP contribution in [0.2, 0.25) is 5.02 Å². The average Bonchev–Trinajstić information content (AvgIpc) is 2.68. The summed E-state index contributed by atoms with van der Waals surface area (Å²) in [5.74, 6) is -0.298. The normalized spacial score (nSPS) is 10.3. The maximum absolute atomic E-state index is 12.2. The van der Waals surface area contributed by atoms with E-state index in [9.17, 15) is 4.79 Å². The number of carbonyl (C=O) groups excluding carboxylic acids is 1. The standard InChI is InChI=1S/C13H13ClN4OS/c1-7-5-11(18(2)17-7)13(19)16-10-6-8(14)3-4-9(10)12(15)20/h3-6H,1-2H3,(H2,15,20)(H,16,19). The fourth-order valence-corrected chi connectivity index (χ4v) is 2.19. The molecular weight excluding hydrogens is 296 g/mol. The minimum Gasteiger partial charge on any atom is -0.389 e. The molecule has 0 atom stereocenters. The second kappa shape index (κ2) is 5.60. The molecule has 104 valence electrons. The highest BCUT2D eigenvalue weighted by Crippen LogP contribution is 2.22. The van der Waals surface area contributed by atoms with E-state index in [2.05, 4.69) is 10.4 Å². The van der Waals surface area contributed by atoms with E-state index < -0.39 is 0 Å². The lowest BCUT2D eigenvalue weighted by molar-refractivity contribution is 0.101. The molecule has 0 spiro atoms. The molecule has 2 aromatic rings.